The van der Waals surface area contributed by atoms with E-state index in [-0.39, 0.29) is 5.60 Å². The van der Waals surface area contributed by atoms with Crippen molar-refractivity contribution in [3.8, 4) is 0 Å². The maximum absolute atomic E-state index is 5.67. The molecule has 19 heavy (non-hydrogen) atoms. The van der Waals surface area contributed by atoms with Gasteiger partial charge in [0.25, 0.3) is 0 Å². The normalized spacial score (nSPS) is 23.8. The van der Waals surface area contributed by atoms with E-state index >= 15 is 0 Å². The SMILES string of the molecule is COC1(c2noc(CN3CCOCC3)n2)CCCC1. The average molecular weight is 267 g/mol. The van der Waals surface area contributed by atoms with Gasteiger partial charge in [-0.15, -0.1) is 0 Å². The summed E-state index contributed by atoms with van der Waals surface area (Å²) in [6.07, 6.45) is 4.31. The highest BCUT2D eigenvalue weighted by atomic mass is 16.5. The molecular formula is C13H21N3O3. The first-order valence-corrected chi connectivity index (χ1v) is 7.01. The minimum atomic E-state index is -0.313. The van der Waals surface area contributed by atoms with E-state index < -0.39 is 0 Å². The number of methoxy groups -OCH3 is 1. The average Bonchev–Trinajstić information content (AvgIpc) is 3.09. The van der Waals surface area contributed by atoms with Crippen LogP contribution in [0.15, 0.2) is 4.52 Å². The molecule has 1 saturated heterocycles. The number of nitrogens with zero attached hydrogens (tertiary/aromatic N) is 3. The Kier molecular flexibility index (Phi) is 3.81. The first-order valence-electron chi connectivity index (χ1n) is 7.01. The third kappa shape index (κ3) is 2.66. The zero-order valence-corrected chi connectivity index (χ0v) is 11.4. The van der Waals surface area contributed by atoms with Crippen molar-refractivity contribution in [1.29, 1.82) is 0 Å². The van der Waals surface area contributed by atoms with Gasteiger partial charge in [-0.25, -0.2) is 0 Å². The molecule has 1 aliphatic carbocycles. The Morgan fingerprint density at radius 1 is 1.26 bits per heavy atom. The predicted molar refractivity (Wildman–Crippen MR) is 67.5 cm³/mol. The van der Waals surface area contributed by atoms with Crippen LogP contribution in [0, 0.1) is 0 Å². The summed E-state index contributed by atoms with van der Waals surface area (Å²) < 4.78 is 16.4. The predicted octanol–water partition coefficient (Wildman–Crippen LogP) is 1.32. The molecule has 2 aliphatic rings. The molecule has 0 N–H and O–H groups in total. The van der Waals surface area contributed by atoms with Gasteiger partial charge in [0.1, 0.15) is 5.60 Å². The molecule has 1 aromatic heterocycles. The zero-order valence-electron chi connectivity index (χ0n) is 11.4. The fourth-order valence-corrected chi connectivity index (χ4v) is 2.92. The maximum Gasteiger partial charge on any atom is 0.240 e. The van der Waals surface area contributed by atoms with Crippen molar-refractivity contribution in [3.05, 3.63) is 11.7 Å². The lowest BCUT2D eigenvalue weighted by molar-refractivity contribution is -0.0178. The summed E-state index contributed by atoms with van der Waals surface area (Å²) in [5.74, 6) is 1.40. The summed E-state index contributed by atoms with van der Waals surface area (Å²) in [6.45, 7) is 4.11. The molecule has 2 fully saturated rings. The van der Waals surface area contributed by atoms with Crippen LogP contribution in [0.3, 0.4) is 0 Å². The lowest BCUT2D eigenvalue weighted by Gasteiger charge is -2.25. The second-order valence-corrected chi connectivity index (χ2v) is 5.31. The van der Waals surface area contributed by atoms with Gasteiger partial charge in [0, 0.05) is 20.2 Å². The quantitative estimate of drug-likeness (QED) is 0.820. The molecule has 1 saturated carbocycles. The van der Waals surface area contributed by atoms with Crippen molar-refractivity contribution < 1.29 is 14.0 Å². The van der Waals surface area contributed by atoms with Gasteiger partial charge in [0.15, 0.2) is 0 Å². The fraction of sp³-hybridized carbons (Fsp3) is 0.846. The highest BCUT2D eigenvalue weighted by Gasteiger charge is 2.40. The van der Waals surface area contributed by atoms with E-state index in [4.69, 9.17) is 14.0 Å². The lowest BCUT2D eigenvalue weighted by Crippen LogP contribution is -2.35. The van der Waals surface area contributed by atoms with Crippen LogP contribution >= 0.6 is 0 Å². The van der Waals surface area contributed by atoms with Crippen molar-refractivity contribution >= 4 is 0 Å². The molecule has 1 aromatic rings. The van der Waals surface area contributed by atoms with Gasteiger partial charge in [-0.3, -0.25) is 4.90 Å². The molecule has 0 spiro atoms. The Bertz CT molecular complexity index is 409. The maximum atomic E-state index is 5.67. The lowest BCUT2D eigenvalue weighted by atomic mass is 10.0. The summed E-state index contributed by atoms with van der Waals surface area (Å²) in [6, 6.07) is 0. The summed E-state index contributed by atoms with van der Waals surface area (Å²) >= 11 is 0. The highest BCUT2D eigenvalue weighted by Crippen LogP contribution is 2.40. The second kappa shape index (κ2) is 5.56. The third-order valence-electron chi connectivity index (χ3n) is 4.14. The van der Waals surface area contributed by atoms with Gasteiger partial charge in [0.2, 0.25) is 11.7 Å². The Hall–Kier alpha value is -0.980. The molecular weight excluding hydrogens is 246 g/mol. The Morgan fingerprint density at radius 3 is 2.68 bits per heavy atom. The summed E-state index contributed by atoms with van der Waals surface area (Å²) in [7, 11) is 1.74. The van der Waals surface area contributed by atoms with Gasteiger partial charge < -0.3 is 14.0 Å². The number of ether oxygens (including phenoxy) is 2. The summed E-state index contributed by atoms with van der Waals surface area (Å²) in [5.41, 5.74) is -0.313. The van der Waals surface area contributed by atoms with Crippen LogP contribution in [-0.4, -0.2) is 48.5 Å². The molecule has 1 aliphatic heterocycles. The molecule has 6 nitrogen and oxygen atoms in total. The molecule has 3 rings (SSSR count). The Morgan fingerprint density at radius 2 is 2.00 bits per heavy atom. The van der Waals surface area contributed by atoms with Crippen LogP contribution in [0.2, 0.25) is 0 Å². The van der Waals surface area contributed by atoms with Gasteiger partial charge in [-0.05, 0) is 25.7 Å². The van der Waals surface area contributed by atoms with Crippen LogP contribution in [0.25, 0.3) is 0 Å². The molecule has 0 aromatic carbocycles. The van der Waals surface area contributed by atoms with Crippen LogP contribution in [0.5, 0.6) is 0 Å². The molecule has 0 atom stereocenters. The molecule has 0 unspecified atom stereocenters. The van der Waals surface area contributed by atoms with Crippen molar-refractivity contribution in [2.45, 2.75) is 37.8 Å². The van der Waals surface area contributed by atoms with Gasteiger partial charge in [-0.2, -0.15) is 4.98 Å². The van der Waals surface area contributed by atoms with E-state index in [1.807, 2.05) is 0 Å². The largest absolute Gasteiger partial charge is 0.379 e. The first kappa shape index (κ1) is 13.0. The number of hydrogen-bond acceptors (Lipinski definition) is 6. The van der Waals surface area contributed by atoms with E-state index in [1.165, 1.54) is 12.8 Å². The summed E-state index contributed by atoms with van der Waals surface area (Å²) in [4.78, 5) is 6.82. The highest BCUT2D eigenvalue weighted by molar-refractivity contribution is 5.04. The molecule has 0 bridgehead atoms. The van der Waals surface area contributed by atoms with E-state index in [2.05, 4.69) is 15.0 Å². The molecule has 106 valence electrons. The minimum absolute atomic E-state index is 0.313. The van der Waals surface area contributed by atoms with E-state index in [9.17, 15) is 0 Å². The van der Waals surface area contributed by atoms with Crippen molar-refractivity contribution in [3.63, 3.8) is 0 Å². The van der Waals surface area contributed by atoms with E-state index in [0.29, 0.717) is 12.4 Å². The van der Waals surface area contributed by atoms with Gasteiger partial charge in [-0.1, -0.05) is 5.16 Å². The van der Waals surface area contributed by atoms with Crippen LogP contribution in [-0.2, 0) is 21.6 Å². The Balaban J connectivity index is 1.68. The molecule has 0 radical (unpaired) electrons. The standard InChI is InChI=1S/C13H21N3O3/c1-17-13(4-2-3-5-13)12-14-11(19-15-12)10-16-6-8-18-9-7-16/h2-10H2,1H3. The Labute approximate surface area is 113 Å². The first-order chi connectivity index (χ1) is 9.32. The van der Waals surface area contributed by atoms with Crippen LogP contribution in [0.4, 0.5) is 0 Å². The van der Waals surface area contributed by atoms with Crippen LogP contribution < -0.4 is 0 Å². The zero-order chi connectivity index (χ0) is 13.1. The topological polar surface area (TPSA) is 60.6 Å². The third-order valence-corrected chi connectivity index (χ3v) is 4.14. The second-order valence-electron chi connectivity index (χ2n) is 5.31. The number of rotatable bonds is 4. The monoisotopic (exact) mass is 267 g/mol. The van der Waals surface area contributed by atoms with Gasteiger partial charge in [0.05, 0.1) is 19.8 Å². The van der Waals surface area contributed by atoms with Crippen LogP contribution in [0.1, 0.15) is 37.4 Å². The van der Waals surface area contributed by atoms with Gasteiger partial charge >= 0.3 is 0 Å². The van der Waals surface area contributed by atoms with E-state index in [1.54, 1.807) is 7.11 Å². The van der Waals surface area contributed by atoms with Crippen molar-refractivity contribution in [1.82, 2.24) is 15.0 Å². The number of aromatic nitrogens is 2. The minimum Gasteiger partial charge on any atom is -0.379 e. The molecule has 6 heteroatoms. The van der Waals surface area contributed by atoms with E-state index in [0.717, 1.165) is 45.0 Å². The number of morpholine rings is 1. The summed E-state index contributed by atoms with van der Waals surface area (Å²) in [5, 5.41) is 4.14. The molecule has 0 amide bonds. The van der Waals surface area contributed by atoms with Crippen molar-refractivity contribution in [2.75, 3.05) is 33.4 Å². The smallest absolute Gasteiger partial charge is 0.240 e. The van der Waals surface area contributed by atoms with Crippen molar-refractivity contribution in [2.24, 2.45) is 0 Å². The number of hydrogen-bond donors (Lipinski definition) is 0. The molecule has 2 heterocycles. The fourth-order valence-electron chi connectivity index (χ4n) is 2.92.